The van der Waals surface area contributed by atoms with Gasteiger partial charge in [0, 0.05) is 5.56 Å². The van der Waals surface area contributed by atoms with Gasteiger partial charge in [-0.3, -0.25) is 0 Å². The van der Waals surface area contributed by atoms with Crippen LogP contribution >= 0.6 is 0 Å². The lowest BCUT2D eigenvalue weighted by Crippen LogP contribution is -2.19. The second-order valence-corrected chi connectivity index (χ2v) is 8.03. The fraction of sp³-hybridized carbons (Fsp3) is 0.357. The average molecular weight is 369 g/mol. The molecule has 0 bridgehead atoms. The Kier molecular flexibility index (Phi) is 6.94. The Hall–Kier alpha value is -2.52. The summed E-state index contributed by atoms with van der Waals surface area (Å²) >= 11 is 0. The fourth-order valence-corrected chi connectivity index (χ4v) is 4.07. The van der Waals surface area contributed by atoms with E-state index < -0.39 is 0 Å². The van der Waals surface area contributed by atoms with Crippen molar-refractivity contribution in [3.8, 4) is 11.8 Å². The van der Waals surface area contributed by atoms with Gasteiger partial charge >= 0.3 is 0 Å². The molecule has 0 saturated carbocycles. The number of unbranched alkanes of at least 4 members (excludes halogenated alkanes) is 1. The number of rotatable bonds is 6. The second kappa shape index (κ2) is 9.61. The predicted molar refractivity (Wildman–Crippen MR) is 122 cm³/mol. The highest BCUT2D eigenvalue weighted by Crippen LogP contribution is 2.40. The van der Waals surface area contributed by atoms with E-state index >= 15 is 0 Å². The van der Waals surface area contributed by atoms with Gasteiger partial charge in [0.05, 0.1) is 5.41 Å². The topological polar surface area (TPSA) is 0 Å². The van der Waals surface area contributed by atoms with Gasteiger partial charge in [0.15, 0.2) is 0 Å². The minimum atomic E-state index is -0.0437. The van der Waals surface area contributed by atoms with Gasteiger partial charge in [-0.05, 0) is 61.4 Å². The monoisotopic (exact) mass is 368 g/mol. The van der Waals surface area contributed by atoms with Crippen LogP contribution in [0.4, 0.5) is 0 Å². The first kappa shape index (κ1) is 20.2. The summed E-state index contributed by atoms with van der Waals surface area (Å²) in [5.41, 5.74) is 6.59. The highest BCUT2D eigenvalue weighted by Gasteiger charge is 2.28. The van der Waals surface area contributed by atoms with E-state index in [1.165, 1.54) is 41.5 Å². The van der Waals surface area contributed by atoms with Gasteiger partial charge in [0.25, 0.3) is 0 Å². The van der Waals surface area contributed by atoms with Crippen LogP contribution in [0.5, 0.6) is 0 Å². The first-order chi connectivity index (χ1) is 13.7. The third-order valence-corrected chi connectivity index (χ3v) is 5.62. The Morgan fingerprint density at radius 3 is 2.32 bits per heavy atom. The molecule has 0 spiro atoms. The quantitative estimate of drug-likeness (QED) is 0.460. The molecule has 3 rings (SSSR count). The number of aryl methyl sites for hydroxylation is 1. The molecular formula is C28H32. The molecule has 1 atom stereocenters. The Morgan fingerprint density at radius 2 is 1.68 bits per heavy atom. The van der Waals surface area contributed by atoms with Crippen molar-refractivity contribution < 1.29 is 0 Å². The Bertz CT molecular complexity index is 885. The standard InChI is InChI=1S/C28H32/c1-4-6-10-24-13-15-25(16-14-24)17-20-28(19-5-2)21-18-27(23(3)22-28)26-11-8-7-9-12-26/h7-9,11-16,18,21H,4-6,10,19,22H2,1-3H3. The van der Waals surface area contributed by atoms with Crippen LogP contribution < -0.4 is 0 Å². The van der Waals surface area contributed by atoms with Crippen LogP contribution in [0.25, 0.3) is 5.57 Å². The maximum Gasteiger partial charge on any atom is 0.0537 e. The SMILES string of the molecule is CCCCc1ccc(C#CC2(CCC)C=CC(c3ccccc3)=C(C)C2)cc1. The van der Waals surface area contributed by atoms with E-state index in [0.29, 0.717) is 0 Å². The molecule has 0 aromatic heterocycles. The summed E-state index contributed by atoms with van der Waals surface area (Å²) in [6.07, 6.45) is 11.6. The van der Waals surface area contributed by atoms with Crippen molar-refractivity contribution in [2.24, 2.45) is 5.41 Å². The van der Waals surface area contributed by atoms with Crippen molar-refractivity contribution in [2.75, 3.05) is 0 Å². The number of allylic oxidation sites excluding steroid dienone is 4. The van der Waals surface area contributed by atoms with Crippen molar-refractivity contribution in [3.05, 3.63) is 89.0 Å². The highest BCUT2D eigenvalue weighted by atomic mass is 14.3. The second-order valence-electron chi connectivity index (χ2n) is 8.03. The molecule has 2 aromatic carbocycles. The number of hydrogen-bond donors (Lipinski definition) is 0. The summed E-state index contributed by atoms with van der Waals surface area (Å²) < 4.78 is 0. The van der Waals surface area contributed by atoms with Crippen LogP contribution in [-0.2, 0) is 6.42 Å². The molecule has 0 heterocycles. The van der Waals surface area contributed by atoms with Crippen LogP contribution in [0, 0.1) is 17.3 Å². The first-order valence-corrected chi connectivity index (χ1v) is 10.7. The van der Waals surface area contributed by atoms with Crippen LogP contribution in [0.3, 0.4) is 0 Å². The summed E-state index contributed by atoms with van der Waals surface area (Å²) in [7, 11) is 0. The maximum absolute atomic E-state index is 3.65. The van der Waals surface area contributed by atoms with Gasteiger partial charge in [-0.1, -0.05) is 98.7 Å². The van der Waals surface area contributed by atoms with Gasteiger partial charge in [0.1, 0.15) is 0 Å². The van der Waals surface area contributed by atoms with Crippen LogP contribution in [0.2, 0.25) is 0 Å². The third-order valence-electron chi connectivity index (χ3n) is 5.62. The first-order valence-electron chi connectivity index (χ1n) is 10.7. The van der Waals surface area contributed by atoms with Gasteiger partial charge in [-0.2, -0.15) is 0 Å². The fourth-order valence-electron chi connectivity index (χ4n) is 4.07. The molecule has 0 N–H and O–H groups in total. The minimum absolute atomic E-state index is 0.0437. The lowest BCUT2D eigenvalue weighted by atomic mass is 9.73. The van der Waals surface area contributed by atoms with Crippen molar-refractivity contribution in [3.63, 3.8) is 0 Å². The lowest BCUT2D eigenvalue weighted by molar-refractivity contribution is 0.455. The molecule has 144 valence electrons. The molecule has 1 aliphatic rings. The van der Waals surface area contributed by atoms with Crippen LogP contribution in [0.15, 0.2) is 72.3 Å². The zero-order valence-electron chi connectivity index (χ0n) is 17.6. The zero-order valence-corrected chi connectivity index (χ0v) is 17.6. The summed E-state index contributed by atoms with van der Waals surface area (Å²) in [4.78, 5) is 0. The zero-order chi connectivity index (χ0) is 19.8. The third kappa shape index (κ3) is 5.05. The minimum Gasteiger partial charge on any atom is -0.0866 e. The Balaban J connectivity index is 1.81. The molecule has 0 fully saturated rings. The van der Waals surface area contributed by atoms with Crippen LogP contribution in [-0.4, -0.2) is 0 Å². The van der Waals surface area contributed by atoms with Gasteiger partial charge < -0.3 is 0 Å². The largest absolute Gasteiger partial charge is 0.0866 e. The van der Waals surface area contributed by atoms with Crippen LogP contribution in [0.1, 0.15) is 69.6 Å². The van der Waals surface area contributed by atoms with E-state index in [4.69, 9.17) is 0 Å². The molecule has 0 saturated heterocycles. The lowest BCUT2D eigenvalue weighted by Gasteiger charge is -2.30. The molecule has 0 nitrogen and oxygen atoms in total. The Labute approximate surface area is 171 Å². The summed E-state index contributed by atoms with van der Waals surface area (Å²) in [5, 5.41) is 0. The summed E-state index contributed by atoms with van der Waals surface area (Å²) in [6, 6.07) is 19.5. The van der Waals surface area contributed by atoms with E-state index in [-0.39, 0.29) is 5.41 Å². The summed E-state index contributed by atoms with van der Waals surface area (Å²) in [6.45, 7) is 6.76. The average Bonchev–Trinajstić information content (AvgIpc) is 2.72. The highest BCUT2D eigenvalue weighted by molar-refractivity contribution is 5.78. The molecule has 0 radical (unpaired) electrons. The van der Waals surface area contributed by atoms with Crippen molar-refractivity contribution in [2.45, 2.75) is 59.3 Å². The van der Waals surface area contributed by atoms with E-state index in [2.05, 4.69) is 99.4 Å². The smallest absolute Gasteiger partial charge is 0.0537 e. The maximum atomic E-state index is 3.65. The molecule has 1 aliphatic carbocycles. The molecule has 1 unspecified atom stereocenters. The predicted octanol–water partition coefficient (Wildman–Crippen LogP) is 7.60. The van der Waals surface area contributed by atoms with Crippen molar-refractivity contribution in [1.29, 1.82) is 0 Å². The molecule has 2 aromatic rings. The molecule has 0 amide bonds. The normalized spacial score (nSPS) is 18.7. The Morgan fingerprint density at radius 1 is 0.929 bits per heavy atom. The molecule has 0 aliphatic heterocycles. The van der Waals surface area contributed by atoms with E-state index in [1.807, 2.05) is 0 Å². The van der Waals surface area contributed by atoms with Gasteiger partial charge in [-0.25, -0.2) is 0 Å². The van der Waals surface area contributed by atoms with Crippen molar-refractivity contribution >= 4 is 5.57 Å². The van der Waals surface area contributed by atoms with E-state index in [1.54, 1.807) is 0 Å². The number of hydrogen-bond acceptors (Lipinski definition) is 0. The van der Waals surface area contributed by atoms with Crippen molar-refractivity contribution in [1.82, 2.24) is 0 Å². The van der Waals surface area contributed by atoms with Gasteiger partial charge in [0.2, 0.25) is 0 Å². The van der Waals surface area contributed by atoms with Gasteiger partial charge in [-0.15, -0.1) is 0 Å². The number of benzene rings is 2. The molecule has 0 heteroatoms. The molecular weight excluding hydrogens is 336 g/mol. The molecule has 28 heavy (non-hydrogen) atoms. The van der Waals surface area contributed by atoms with E-state index in [9.17, 15) is 0 Å². The van der Waals surface area contributed by atoms with E-state index in [0.717, 1.165) is 24.8 Å². The summed E-state index contributed by atoms with van der Waals surface area (Å²) in [5.74, 6) is 7.12.